The van der Waals surface area contributed by atoms with Crippen molar-refractivity contribution in [3.8, 4) is 17.5 Å². The highest BCUT2D eigenvalue weighted by molar-refractivity contribution is 8.02. The third-order valence-electron chi connectivity index (χ3n) is 2.80. The first-order valence-electron chi connectivity index (χ1n) is 5.97. The van der Waals surface area contributed by atoms with Gasteiger partial charge in [0.15, 0.2) is 0 Å². The van der Waals surface area contributed by atoms with Crippen molar-refractivity contribution in [2.45, 2.75) is 6.92 Å². The number of nitrogens with one attached hydrogen (secondary N) is 1. The average molecular weight is 286 g/mol. The zero-order valence-electron chi connectivity index (χ0n) is 11.5. The van der Waals surface area contributed by atoms with Crippen molar-refractivity contribution in [3.63, 3.8) is 0 Å². The van der Waals surface area contributed by atoms with E-state index in [-0.39, 0.29) is 5.89 Å². The standard InChI is InChI=1S/C14H14N4OS/c1-9-6-4-5-7-10(9)12-17-13(19-18-12)11(8-15)14(16-2)20-3/h4-7,16H,1-3H3/b14-11-. The summed E-state index contributed by atoms with van der Waals surface area (Å²) in [6.07, 6.45) is 1.88. The lowest BCUT2D eigenvalue weighted by Gasteiger charge is -2.02. The van der Waals surface area contributed by atoms with Crippen LogP contribution < -0.4 is 5.32 Å². The van der Waals surface area contributed by atoms with E-state index in [1.807, 2.05) is 37.4 Å². The normalized spacial score (nSPS) is 11.7. The maximum atomic E-state index is 9.26. The van der Waals surface area contributed by atoms with E-state index in [4.69, 9.17) is 4.52 Å². The Labute approximate surface area is 121 Å². The number of allylic oxidation sites excluding steroid dienone is 1. The molecule has 20 heavy (non-hydrogen) atoms. The molecule has 1 aromatic heterocycles. The highest BCUT2D eigenvalue weighted by atomic mass is 32.2. The summed E-state index contributed by atoms with van der Waals surface area (Å²) >= 11 is 1.42. The molecule has 0 spiro atoms. The summed E-state index contributed by atoms with van der Waals surface area (Å²) in [7, 11) is 1.75. The molecule has 0 saturated carbocycles. The first-order chi connectivity index (χ1) is 9.71. The summed E-state index contributed by atoms with van der Waals surface area (Å²) in [4.78, 5) is 4.32. The molecule has 0 aliphatic carbocycles. The summed E-state index contributed by atoms with van der Waals surface area (Å²) in [6.45, 7) is 1.98. The molecule has 0 aliphatic rings. The molecule has 0 saturated heterocycles. The van der Waals surface area contributed by atoms with Crippen LogP contribution in [0.2, 0.25) is 0 Å². The lowest BCUT2D eigenvalue weighted by Crippen LogP contribution is -2.05. The maximum Gasteiger partial charge on any atom is 0.271 e. The number of aryl methyl sites for hydroxylation is 1. The second-order valence-corrected chi connectivity index (χ2v) is 4.82. The summed E-state index contributed by atoms with van der Waals surface area (Å²) in [6, 6.07) is 9.87. The predicted octanol–water partition coefficient (Wildman–Crippen LogP) is 2.82. The van der Waals surface area contributed by atoms with Crippen molar-refractivity contribution in [1.29, 1.82) is 5.26 Å². The fourth-order valence-corrected chi connectivity index (χ4v) is 2.32. The van der Waals surface area contributed by atoms with E-state index in [1.54, 1.807) is 7.05 Å². The number of nitriles is 1. The van der Waals surface area contributed by atoms with Crippen molar-refractivity contribution in [2.24, 2.45) is 0 Å². The van der Waals surface area contributed by atoms with Gasteiger partial charge in [0.2, 0.25) is 5.82 Å². The predicted molar refractivity (Wildman–Crippen MR) is 79.6 cm³/mol. The van der Waals surface area contributed by atoms with Crippen LogP contribution in [0.4, 0.5) is 0 Å². The minimum Gasteiger partial charge on any atom is -0.382 e. The van der Waals surface area contributed by atoms with Crippen LogP contribution in [0.3, 0.4) is 0 Å². The summed E-state index contributed by atoms with van der Waals surface area (Å²) in [5.74, 6) is 0.715. The number of rotatable bonds is 4. The van der Waals surface area contributed by atoms with Crippen LogP contribution in [0.1, 0.15) is 11.5 Å². The molecule has 6 heteroatoms. The molecule has 1 heterocycles. The van der Waals surface area contributed by atoms with Crippen LogP contribution >= 0.6 is 11.8 Å². The molecule has 2 aromatic rings. The Balaban J connectivity index is 2.47. The zero-order valence-corrected chi connectivity index (χ0v) is 12.3. The molecule has 2 rings (SSSR count). The maximum absolute atomic E-state index is 9.26. The van der Waals surface area contributed by atoms with Gasteiger partial charge in [0.05, 0.1) is 5.03 Å². The van der Waals surface area contributed by atoms with Gasteiger partial charge in [-0.05, 0) is 18.7 Å². The number of aromatic nitrogens is 2. The van der Waals surface area contributed by atoms with Crippen molar-refractivity contribution < 1.29 is 4.52 Å². The molecule has 5 nitrogen and oxygen atoms in total. The van der Waals surface area contributed by atoms with E-state index < -0.39 is 0 Å². The largest absolute Gasteiger partial charge is 0.382 e. The average Bonchev–Trinajstić information content (AvgIpc) is 2.94. The molecular weight excluding hydrogens is 272 g/mol. The number of hydrogen-bond donors (Lipinski definition) is 1. The molecule has 0 atom stereocenters. The van der Waals surface area contributed by atoms with Crippen LogP contribution in [-0.2, 0) is 0 Å². The van der Waals surface area contributed by atoms with Gasteiger partial charge in [0.1, 0.15) is 11.6 Å². The van der Waals surface area contributed by atoms with E-state index in [2.05, 4.69) is 21.5 Å². The number of benzene rings is 1. The molecule has 1 aromatic carbocycles. The SMILES string of the molecule is CN/C(SC)=C(\C#N)c1nc(-c2ccccc2C)no1. The Morgan fingerprint density at radius 1 is 1.40 bits per heavy atom. The van der Waals surface area contributed by atoms with Crippen molar-refractivity contribution in [3.05, 3.63) is 40.7 Å². The smallest absolute Gasteiger partial charge is 0.271 e. The molecule has 0 amide bonds. The Bertz CT molecular complexity index is 678. The van der Waals surface area contributed by atoms with Crippen LogP contribution in [0.25, 0.3) is 17.0 Å². The molecule has 1 N–H and O–H groups in total. The summed E-state index contributed by atoms with van der Waals surface area (Å²) < 4.78 is 5.22. The van der Waals surface area contributed by atoms with Crippen LogP contribution in [0, 0.1) is 18.3 Å². The van der Waals surface area contributed by atoms with Gasteiger partial charge in [0, 0.05) is 12.6 Å². The topological polar surface area (TPSA) is 74.7 Å². The quantitative estimate of drug-likeness (QED) is 0.871. The lowest BCUT2D eigenvalue weighted by atomic mass is 10.1. The van der Waals surface area contributed by atoms with Gasteiger partial charge in [0.25, 0.3) is 5.89 Å². The van der Waals surface area contributed by atoms with Crippen LogP contribution in [0.15, 0.2) is 33.8 Å². The van der Waals surface area contributed by atoms with Crippen LogP contribution in [-0.4, -0.2) is 23.4 Å². The second kappa shape index (κ2) is 6.26. The van der Waals surface area contributed by atoms with Gasteiger partial charge in [-0.25, -0.2) is 0 Å². The van der Waals surface area contributed by atoms with E-state index in [0.717, 1.165) is 11.1 Å². The van der Waals surface area contributed by atoms with E-state index in [0.29, 0.717) is 16.4 Å². The minimum absolute atomic E-state index is 0.226. The Morgan fingerprint density at radius 3 is 2.75 bits per heavy atom. The Kier molecular flexibility index (Phi) is 4.43. The van der Waals surface area contributed by atoms with Crippen molar-refractivity contribution in [2.75, 3.05) is 13.3 Å². The second-order valence-electron chi connectivity index (χ2n) is 4.01. The highest BCUT2D eigenvalue weighted by Crippen LogP contribution is 2.25. The molecule has 0 unspecified atom stereocenters. The third-order valence-corrected chi connectivity index (χ3v) is 3.61. The van der Waals surface area contributed by atoms with Crippen LogP contribution in [0.5, 0.6) is 0 Å². The van der Waals surface area contributed by atoms with Gasteiger partial charge in [-0.15, -0.1) is 11.8 Å². The van der Waals surface area contributed by atoms with E-state index in [1.165, 1.54) is 11.8 Å². The van der Waals surface area contributed by atoms with Crippen molar-refractivity contribution in [1.82, 2.24) is 15.5 Å². The first-order valence-corrected chi connectivity index (χ1v) is 7.20. The van der Waals surface area contributed by atoms with Gasteiger partial charge < -0.3 is 9.84 Å². The lowest BCUT2D eigenvalue weighted by molar-refractivity contribution is 0.409. The number of nitrogens with zero attached hydrogens (tertiary/aromatic N) is 3. The highest BCUT2D eigenvalue weighted by Gasteiger charge is 2.17. The first kappa shape index (κ1) is 14.2. The summed E-state index contributed by atoms with van der Waals surface area (Å²) in [5.41, 5.74) is 2.31. The summed E-state index contributed by atoms with van der Waals surface area (Å²) in [5, 5.41) is 16.9. The fourth-order valence-electron chi connectivity index (χ4n) is 1.78. The Morgan fingerprint density at radius 2 is 2.15 bits per heavy atom. The zero-order chi connectivity index (χ0) is 14.5. The molecule has 102 valence electrons. The van der Waals surface area contributed by atoms with E-state index in [9.17, 15) is 5.26 Å². The molecule has 0 radical (unpaired) electrons. The fraction of sp³-hybridized carbons (Fsp3) is 0.214. The molecule has 0 fully saturated rings. The monoisotopic (exact) mass is 286 g/mol. The van der Waals surface area contributed by atoms with Gasteiger partial charge >= 0.3 is 0 Å². The Hall–Kier alpha value is -2.26. The van der Waals surface area contributed by atoms with E-state index >= 15 is 0 Å². The number of thioether (sulfide) groups is 1. The minimum atomic E-state index is 0.226. The van der Waals surface area contributed by atoms with Gasteiger partial charge in [-0.1, -0.05) is 29.4 Å². The third kappa shape index (κ3) is 2.68. The van der Waals surface area contributed by atoms with Gasteiger partial charge in [-0.2, -0.15) is 10.2 Å². The van der Waals surface area contributed by atoms with Gasteiger partial charge in [-0.3, -0.25) is 0 Å². The molecule has 0 aliphatic heterocycles. The number of hydrogen-bond acceptors (Lipinski definition) is 6. The molecular formula is C14H14N4OS. The van der Waals surface area contributed by atoms with Crippen molar-refractivity contribution >= 4 is 17.3 Å². The molecule has 0 bridgehead atoms.